The van der Waals surface area contributed by atoms with Crippen molar-refractivity contribution in [1.29, 1.82) is 0 Å². The maximum absolute atomic E-state index is 3.49. The third-order valence-corrected chi connectivity index (χ3v) is 0.907. The van der Waals surface area contributed by atoms with Gasteiger partial charge in [0.25, 0.3) is 0 Å². The Labute approximate surface area is 54.1 Å². The van der Waals surface area contributed by atoms with Crippen LogP contribution in [0.1, 0.15) is 0 Å². The topological polar surface area (TPSA) is 36.1 Å². The van der Waals surface area contributed by atoms with Gasteiger partial charge in [-0.2, -0.15) is 0 Å². The molecule has 0 spiro atoms. The molecule has 1 aliphatic rings. The fourth-order valence-electron chi connectivity index (χ4n) is 0.530. The molecule has 0 saturated carbocycles. The van der Waals surface area contributed by atoms with Crippen molar-refractivity contribution in [3.05, 3.63) is 37.2 Å². The van der Waals surface area contributed by atoms with Crippen molar-refractivity contribution >= 4 is 0 Å². The van der Waals surface area contributed by atoms with Crippen LogP contribution in [0, 0.1) is 0 Å². The summed E-state index contributed by atoms with van der Waals surface area (Å²) in [6, 6.07) is 0. The zero-order valence-corrected chi connectivity index (χ0v) is 5.02. The van der Waals surface area contributed by atoms with E-state index in [0.29, 0.717) is 0 Å². The zero-order chi connectivity index (χ0) is 6.53. The van der Waals surface area contributed by atoms with Gasteiger partial charge in [0.1, 0.15) is 5.82 Å². The summed E-state index contributed by atoms with van der Waals surface area (Å²) < 4.78 is 0. The van der Waals surface area contributed by atoms with Crippen LogP contribution in [0.25, 0.3) is 0 Å². The molecule has 0 bridgehead atoms. The van der Waals surface area contributed by atoms with Crippen LogP contribution in [0.4, 0.5) is 0 Å². The van der Waals surface area contributed by atoms with Gasteiger partial charge >= 0.3 is 0 Å². The molecule has 3 N–H and O–H groups in total. The standard InChI is InChI=1S/C6H9N3/c1-2-7-5-6-8-3-4-9-6/h2-5,7-9H,1H2. The lowest BCUT2D eigenvalue weighted by Gasteiger charge is -1.97. The van der Waals surface area contributed by atoms with E-state index in [4.69, 9.17) is 0 Å². The van der Waals surface area contributed by atoms with E-state index in [1.807, 2.05) is 12.4 Å². The van der Waals surface area contributed by atoms with Crippen molar-refractivity contribution in [1.82, 2.24) is 16.0 Å². The normalized spacial score (nSPS) is 14.0. The van der Waals surface area contributed by atoms with Crippen molar-refractivity contribution in [3.8, 4) is 0 Å². The summed E-state index contributed by atoms with van der Waals surface area (Å²) >= 11 is 0. The van der Waals surface area contributed by atoms with Crippen LogP contribution in [-0.2, 0) is 0 Å². The second-order valence-corrected chi connectivity index (χ2v) is 1.55. The molecular formula is C6H9N3. The predicted molar refractivity (Wildman–Crippen MR) is 36.8 cm³/mol. The average molecular weight is 123 g/mol. The highest BCUT2D eigenvalue weighted by atomic mass is 15.1. The van der Waals surface area contributed by atoms with E-state index in [-0.39, 0.29) is 0 Å². The Bertz CT molecular complexity index is 148. The minimum Gasteiger partial charge on any atom is -0.365 e. The van der Waals surface area contributed by atoms with Crippen LogP contribution in [0.15, 0.2) is 37.2 Å². The Balaban J connectivity index is 2.34. The Morgan fingerprint density at radius 2 is 2.11 bits per heavy atom. The maximum Gasteiger partial charge on any atom is 0.123 e. The quantitative estimate of drug-likeness (QED) is 0.490. The van der Waals surface area contributed by atoms with Crippen molar-refractivity contribution in [2.75, 3.05) is 0 Å². The predicted octanol–water partition coefficient (Wildman–Crippen LogP) is 0.182. The van der Waals surface area contributed by atoms with Gasteiger partial charge < -0.3 is 16.0 Å². The van der Waals surface area contributed by atoms with E-state index in [9.17, 15) is 0 Å². The van der Waals surface area contributed by atoms with Gasteiger partial charge in [0.05, 0.1) is 0 Å². The molecule has 0 fully saturated rings. The first-order valence-electron chi connectivity index (χ1n) is 2.68. The summed E-state index contributed by atoms with van der Waals surface area (Å²) in [6.07, 6.45) is 7.02. The Hall–Kier alpha value is -1.38. The highest BCUT2D eigenvalue weighted by Crippen LogP contribution is 1.86. The second-order valence-electron chi connectivity index (χ2n) is 1.55. The van der Waals surface area contributed by atoms with Gasteiger partial charge in [0.2, 0.25) is 0 Å². The van der Waals surface area contributed by atoms with E-state index < -0.39 is 0 Å². The lowest BCUT2D eigenvalue weighted by Crippen LogP contribution is -2.12. The van der Waals surface area contributed by atoms with Crippen LogP contribution in [-0.4, -0.2) is 0 Å². The van der Waals surface area contributed by atoms with Crippen molar-refractivity contribution in [2.24, 2.45) is 0 Å². The zero-order valence-electron chi connectivity index (χ0n) is 5.02. The lowest BCUT2D eigenvalue weighted by atomic mass is 10.7. The second kappa shape index (κ2) is 2.81. The largest absolute Gasteiger partial charge is 0.365 e. The first-order valence-corrected chi connectivity index (χ1v) is 2.68. The first kappa shape index (κ1) is 5.75. The summed E-state index contributed by atoms with van der Waals surface area (Å²) in [7, 11) is 0. The highest BCUT2D eigenvalue weighted by molar-refractivity contribution is 5.10. The van der Waals surface area contributed by atoms with Gasteiger partial charge in [-0.05, 0) is 6.20 Å². The Kier molecular flexibility index (Phi) is 1.80. The van der Waals surface area contributed by atoms with Crippen molar-refractivity contribution < 1.29 is 0 Å². The average Bonchev–Trinajstić information content (AvgIpc) is 2.34. The summed E-state index contributed by atoms with van der Waals surface area (Å²) in [5, 5.41) is 8.73. The molecule has 9 heavy (non-hydrogen) atoms. The molecule has 0 aromatic heterocycles. The summed E-state index contributed by atoms with van der Waals surface area (Å²) in [5.41, 5.74) is 0. The van der Waals surface area contributed by atoms with Gasteiger partial charge in [-0.25, -0.2) is 0 Å². The smallest absolute Gasteiger partial charge is 0.123 e. The van der Waals surface area contributed by atoms with Gasteiger partial charge in [-0.15, -0.1) is 0 Å². The first-order chi connectivity index (χ1) is 4.43. The van der Waals surface area contributed by atoms with E-state index in [1.54, 1.807) is 12.4 Å². The van der Waals surface area contributed by atoms with Gasteiger partial charge in [-0.3, -0.25) is 0 Å². The molecule has 48 valence electrons. The molecule has 0 radical (unpaired) electrons. The third-order valence-electron chi connectivity index (χ3n) is 0.907. The molecular weight excluding hydrogens is 114 g/mol. The Morgan fingerprint density at radius 3 is 2.67 bits per heavy atom. The molecule has 1 aliphatic heterocycles. The number of hydrogen-bond acceptors (Lipinski definition) is 3. The molecule has 0 aromatic rings. The van der Waals surface area contributed by atoms with Crippen LogP contribution < -0.4 is 16.0 Å². The van der Waals surface area contributed by atoms with Crippen LogP contribution in [0.2, 0.25) is 0 Å². The van der Waals surface area contributed by atoms with Gasteiger partial charge in [0.15, 0.2) is 0 Å². The van der Waals surface area contributed by atoms with E-state index in [2.05, 4.69) is 22.5 Å². The van der Waals surface area contributed by atoms with E-state index in [1.165, 1.54) is 0 Å². The highest BCUT2D eigenvalue weighted by Gasteiger charge is 1.92. The number of rotatable bonds is 2. The summed E-state index contributed by atoms with van der Waals surface area (Å²) in [4.78, 5) is 0. The monoisotopic (exact) mass is 123 g/mol. The molecule has 3 nitrogen and oxygen atoms in total. The Morgan fingerprint density at radius 1 is 1.44 bits per heavy atom. The third kappa shape index (κ3) is 1.53. The SMILES string of the molecule is C=CNC=C1NC=CN1. The molecule has 0 aromatic carbocycles. The fraction of sp³-hybridized carbons (Fsp3) is 0. The van der Waals surface area contributed by atoms with Crippen LogP contribution in [0.5, 0.6) is 0 Å². The molecule has 0 amide bonds. The summed E-state index contributed by atoms with van der Waals surface area (Å²) in [5.74, 6) is 0.926. The number of hydrogen-bond donors (Lipinski definition) is 3. The van der Waals surface area contributed by atoms with Crippen molar-refractivity contribution in [3.63, 3.8) is 0 Å². The van der Waals surface area contributed by atoms with Crippen LogP contribution in [0.3, 0.4) is 0 Å². The van der Waals surface area contributed by atoms with Crippen LogP contribution >= 0.6 is 0 Å². The molecule has 1 rings (SSSR count). The lowest BCUT2D eigenvalue weighted by molar-refractivity contribution is 0.951. The van der Waals surface area contributed by atoms with E-state index >= 15 is 0 Å². The minimum absolute atomic E-state index is 0.926. The molecule has 0 aliphatic carbocycles. The molecule has 1 heterocycles. The van der Waals surface area contributed by atoms with Gasteiger partial charge in [0, 0.05) is 18.6 Å². The van der Waals surface area contributed by atoms with Gasteiger partial charge in [-0.1, -0.05) is 6.58 Å². The van der Waals surface area contributed by atoms with E-state index in [0.717, 1.165) is 5.82 Å². The van der Waals surface area contributed by atoms with Crippen molar-refractivity contribution in [2.45, 2.75) is 0 Å². The summed E-state index contributed by atoms with van der Waals surface area (Å²) in [6.45, 7) is 3.49. The maximum atomic E-state index is 3.49. The minimum atomic E-state index is 0.926. The number of nitrogens with one attached hydrogen (secondary N) is 3. The molecule has 0 atom stereocenters. The fourth-order valence-corrected chi connectivity index (χ4v) is 0.530. The molecule has 0 unspecified atom stereocenters. The molecule has 0 saturated heterocycles. The molecule has 3 heteroatoms.